The summed E-state index contributed by atoms with van der Waals surface area (Å²) in [5, 5.41) is 11.1. The molecule has 1 atom stereocenters. The van der Waals surface area contributed by atoms with Crippen LogP contribution in [0.3, 0.4) is 0 Å². The average molecular weight is 424 g/mol. The van der Waals surface area contributed by atoms with E-state index in [-0.39, 0.29) is 6.61 Å². The first kappa shape index (κ1) is 21.4. The number of aliphatic hydroxyl groups is 1. The Bertz CT molecular complexity index is 983. The van der Waals surface area contributed by atoms with Crippen molar-refractivity contribution in [2.45, 2.75) is 32.2 Å². The van der Waals surface area contributed by atoms with Gasteiger partial charge >= 0.3 is 0 Å². The number of furan rings is 1. The van der Waals surface area contributed by atoms with E-state index < -0.39 is 5.60 Å². The molecule has 6 nitrogen and oxygen atoms in total. The number of ether oxygens (including phenoxy) is 3. The lowest BCUT2D eigenvalue weighted by Crippen LogP contribution is -2.30. The Kier molecular flexibility index (Phi) is 6.61. The molecule has 1 N–H and O–H groups in total. The maximum absolute atomic E-state index is 11.1. The van der Waals surface area contributed by atoms with Gasteiger partial charge in [-0.25, -0.2) is 0 Å². The Morgan fingerprint density at radius 2 is 1.87 bits per heavy atom. The van der Waals surface area contributed by atoms with Crippen LogP contribution in [0.2, 0.25) is 0 Å². The second-order valence-corrected chi connectivity index (χ2v) is 8.06. The first-order valence-corrected chi connectivity index (χ1v) is 10.5. The van der Waals surface area contributed by atoms with E-state index in [1.165, 1.54) is 0 Å². The normalized spacial score (nSPS) is 16.1. The Hall–Kier alpha value is -2.80. The third-order valence-corrected chi connectivity index (χ3v) is 5.39. The third kappa shape index (κ3) is 5.47. The highest BCUT2D eigenvalue weighted by Gasteiger charge is 2.27. The summed E-state index contributed by atoms with van der Waals surface area (Å²) in [6.45, 7) is 5.18. The summed E-state index contributed by atoms with van der Waals surface area (Å²) in [4.78, 5) is 2.28. The Morgan fingerprint density at radius 3 is 2.68 bits per heavy atom. The Morgan fingerprint density at radius 1 is 1.06 bits per heavy atom. The number of methoxy groups -OCH3 is 1. The van der Waals surface area contributed by atoms with E-state index >= 15 is 0 Å². The largest absolute Gasteiger partial charge is 0.492 e. The summed E-state index contributed by atoms with van der Waals surface area (Å²) < 4.78 is 22.7. The van der Waals surface area contributed by atoms with Crippen LogP contribution in [0, 0.1) is 0 Å². The van der Waals surface area contributed by atoms with E-state index in [1.54, 1.807) is 14.0 Å². The zero-order valence-electron chi connectivity index (χ0n) is 18.0. The van der Waals surface area contributed by atoms with Crippen molar-refractivity contribution in [2.24, 2.45) is 0 Å². The molecule has 164 valence electrons. The second kappa shape index (κ2) is 9.56. The average Bonchev–Trinajstić information content (AvgIpc) is 3.10. The number of hydrogen-bond donors (Lipinski definition) is 1. The van der Waals surface area contributed by atoms with E-state index in [4.69, 9.17) is 18.6 Å². The molecular weight excluding hydrogens is 394 g/mol. The zero-order valence-corrected chi connectivity index (χ0v) is 18.0. The molecule has 0 amide bonds. The Labute approximate surface area is 183 Å². The minimum Gasteiger partial charge on any atom is -0.492 e. The third-order valence-electron chi connectivity index (χ3n) is 5.39. The smallest absolute Gasteiger partial charge is 0.129 e. The maximum Gasteiger partial charge on any atom is 0.129 e. The quantitative estimate of drug-likeness (QED) is 0.588. The van der Waals surface area contributed by atoms with Gasteiger partial charge in [-0.1, -0.05) is 24.3 Å². The van der Waals surface area contributed by atoms with Crippen LogP contribution < -0.4 is 9.47 Å². The van der Waals surface area contributed by atoms with Gasteiger partial charge < -0.3 is 23.7 Å². The molecule has 0 spiro atoms. The monoisotopic (exact) mass is 423 g/mol. The van der Waals surface area contributed by atoms with Gasteiger partial charge in [0.1, 0.15) is 48.4 Å². The Balaban J connectivity index is 1.46. The number of fused-ring (bicyclic) bond motifs is 1. The summed E-state index contributed by atoms with van der Waals surface area (Å²) in [7, 11) is 1.66. The van der Waals surface area contributed by atoms with Crippen LogP contribution in [0.25, 0.3) is 0 Å². The summed E-state index contributed by atoms with van der Waals surface area (Å²) in [5.74, 6) is 3.31. The van der Waals surface area contributed by atoms with Crippen LogP contribution in [0.15, 0.2) is 65.1 Å². The molecular formula is C25H29NO5. The number of para-hydroxylation sites is 1. The number of hydrogen-bond acceptors (Lipinski definition) is 6. The predicted octanol–water partition coefficient (Wildman–Crippen LogP) is 4.11. The number of benzene rings is 2. The SMILES string of the molecule is COCc1ccc(CN2CCOc3ccc(C(C)(O)COc4ccccc4)cc3C2)o1. The van der Waals surface area contributed by atoms with Gasteiger partial charge in [-0.15, -0.1) is 0 Å². The molecule has 2 aromatic carbocycles. The van der Waals surface area contributed by atoms with Crippen LogP contribution in [0.4, 0.5) is 0 Å². The van der Waals surface area contributed by atoms with Crippen LogP contribution >= 0.6 is 0 Å². The second-order valence-electron chi connectivity index (χ2n) is 8.06. The van der Waals surface area contributed by atoms with E-state index in [0.29, 0.717) is 26.3 Å². The van der Waals surface area contributed by atoms with Crippen LogP contribution in [0.1, 0.15) is 29.6 Å². The first-order valence-electron chi connectivity index (χ1n) is 10.5. The minimum atomic E-state index is -1.13. The van der Waals surface area contributed by atoms with Gasteiger partial charge in [0.2, 0.25) is 0 Å². The molecule has 6 heteroatoms. The first-order chi connectivity index (χ1) is 15.0. The molecule has 0 bridgehead atoms. The number of nitrogens with zero attached hydrogens (tertiary/aromatic N) is 1. The van der Waals surface area contributed by atoms with Gasteiger partial charge in [-0.2, -0.15) is 0 Å². The molecule has 1 aliphatic heterocycles. The summed E-state index contributed by atoms with van der Waals surface area (Å²) in [5.41, 5.74) is 0.713. The highest BCUT2D eigenvalue weighted by atomic mass is 16.5. The van der Waals surface area contributed by atoms with Crippen molar-refractivity contribution in [3.05, 3.63) is 83.3 Å². The lowest BCUT2D eigenvalue weighted by atomic mass is 9.94. The van der Waals surface area contributed by atoms with Crippen molar-refractivity contribution in [1.29, 1.82) is 0 Å². The van der Waals surface area contributed by atoms with Crippen molar-refractivity contribution >= 4 is 0 Å². The van der Waals surface area contributed by atoms with Gasteiger partial charge in [0.05, 0.1) is 6.54 Å². The van der Waals surface area contributed by atoms with Crippen LogP contribution in [-0.2, 0) is 30.0 Å². The lowest BCUT2D eigenvalue weighted by molar-refractivity contribution is 0.00748. The molecule has 3 aromatic rings. The molecule has 1 unspecified atom stereocenters. The number of rotatable bonds is 8. The minimum absolute atomic E-state index is 0.162. The molecule has 1 aromatic heterocycles. The van der Waals surface area contributed by atoms with E-state index in [0.717, 1.165) is 40.7 Å². The fourth-order valence-electron chi connectivity index (χ4n) is 3.69. The van der Waals surface area contributed by atoms with Crippen molar-refractivity contribution in [3.63, 3.8) is 0 Å². The summed E-state index contributed by atoms with van der Waals surface area (Å²) in [6, 6.07) is 19.3. The molecule has 0 aliphatic carbocycles. The van der Waals surface area contributed by atoms with Crippen molar-refractivity contribution in [3.8, 4) is 11.5 Å². The molecule has 0 saturated carbocycles. The summed E-state index contributed by atoms with van der Waals surface area (Å²) in [6.07, 6.45) is 0. The van der Waals surface area contributed by atoms with Crippen molar-refractivity contribution in [1.82, 2.24) is 4.90 Å². The fraction of sp³-hybridized carbons (Fsp3) is 0.360. The zero-order chi connectivity index (χ0) is 21.7. The van der Waals surface area contributed by atoms with Gasteiger partial charge in [-0.05, 0) is 48.9 Å². The highest BCUT2D eigenvalue weighted by Crippen LogP contribution is 2.30. The van der Waals surface area contributed by atoms with E-state index in [9.17, 15) is 5.11 Å². The summed E-state index contributed by atoms with van der Waals surface area (Å²) >= 11 is 0. The molecule has 0 saturated heterocycles. The fourth-order valence-corrected chi connectivity index (χ4v) is 3.69. The highest BCUT2D eigenvalue weighted by molar-refractivity contribution is 5.40. The van der Waals surface area contributed by atoms with Crippen molar-refractivity contribution in [2.75, 3.05) is 26.9 Å². The van der Waals surface area contributed by atoms with E-state index in [2.05, 4.69) is 4.90 Å². The van der Waals surface area contributed by atoms with Crippen molar-refractivity contribution < 1.29 is 23.7 Å². The predicted molar refractivity (Wildman–Crippen MR) is 117 cm³/mol. The molecule has 1 aliphatic rings. The molecule has 0 radical (unpaired) electrons. The van der Waals surface area contributed by atoms with E-state index in [1.807, 2.05) is 60.7 Å². The van der Waals surface area contributed by atoms with Gasteiger partial charge in [0, 0.05) is 25.8 Å². The van der Waals surface area contributed by atoms with Crippen LogP contribution in [0.5, 0.6) is 11.5 Å². The van der Waals surface area contributed by atoms with Gasteiger partial charge in [0.25, 0.3) is 0 Å². The van der Waals surface area contributed by atoms with Crippen LogP contribution in [-0.4, -0.2) is 36.9 Å². The lowest BCUT2D eigenvalue weighted by Gasteiger charge is -2.25. The standard InChI is InChI=1S/C25H29NO5/c1-25(27,18-30-21-6-4-3-5-7-21)20-8-11-24-19(14-20)15-26(12-13-29-24)16-22-9-10-23(31-22)17-28-2/h3-11,14,27H,12-13,15-18H2,1-2H3. The van der Waals surface area contributed by atoms with Gasteiger partial charge in [-0.3, -0.25) is 4.90 Å². The topological polar surface area (TPSA) is 64.3 Å². The molecule has 0 fully saturated rings. The molecule has 31 heavy (non-hydrogen) atoms. The maximum atomic E-state index is 11.1. The molecule has 4 rings (SSSR count). The van der Waals surface area contributed by atoms with Gasteiger partial charge in [0.15, 0.2) is 0 Å². The molecule has 2 heterocycles.